The van der Waals surface area contributed by atoms with Crippen molar-refractivity contribution in [1.29, 1.82) is 0 Å². The first-order chi connectivity index (χ1) is 12.3. The minimum atomic E-state index is 0.0916. The van der Waals surface area contributed by atoms with E-state index in [0.717, 1.165) is 48.4 Å². The van der Waals surface area contributed by atoms with Gasteiger partial charge < -0.3 is 15.6 Å². The fourth-order valence-corrected chi connectivity index (χ4v) is 3.48. The van der Waals surface area contributed by atoms with E-state index in [2.05, 4.69) is 20.6 Å². The second kappa shape index (κ2) is 6.97. The molecule has 1 aliphatic carbocycles. The zero-order chi connectivity index (χ0) is 17.1. The average molecular weight is 334 g/mol. The Labute approximate surface area is 146 Å². The van der Waals surface area contributed by atoms with Crippen LogP contribution in [0.15, 0.2) is 54.6 Å². The normalized spacial score (nSPS) is 20.3. The van der Waals surface area contributed by atoms with E-state index in [-0.39, 0.29) is 11.8 Å². The maximum Gasteiger partial charge on any atom is 0.227 e. The number of imidazole rings is 1. The summed E-state index contributed by atoms with van der Waals surface area (Å²) in [4.78, 5) is 20.3. The molecular formula is C20H22N4O. The number of amides is 1. The number of carbonyl (C=O) groups excluding carboxylic acids is 1. The molecular weight excluding hydrogens is 312 g/mol. The van der Waals surface area contributed by atoms with Gasteiger partial charge in [0.25, 0.3) is 0 Å². The second-order valence-corrected chi connectivity index (χ2v) is 6.65. The van der Waals surface area contributed by atoms with Crippen LogP contribution in [0.2, 0.25) is 0 Å². The topological polar surface area (TPSA) is 69.8 Å². The third-order valence-corrected chi connectivity index (χ3v) is 4.87. The Balaban J connectivity index is 1.31. The summed E-state index contributed by atoms with van der Waals surface area (Å²) in [5.74, 6) is 1.04. The van der Waals surface area contributed by atoms with Gasteiger partial charge in [-0.25, -0.2) is 4.98 Å². The van der Waals surface area contributed by atoms with Gasteiger partial charge in [-0.1, -0.05) is 30.3 Å². The quantitative estimate of drug-likeness (QED) is 0.670. The number of para-hydroxylation sites is 3. The Morgan fingerprint density at radius 1 is 0.960 bits per heavy atom. The molecule has 2 aromatic carbocycles. The van der Waals surface area contributed by atoms with E-state index in [4.69, 9.17) is 0 Å². The van der Waals surface area contributed by atoms with E-state index in [0.29, 0.717) is 6.04 Å². The molecule has 5 nitrogen and oxygen atoms in total. The third kappa shape index (κ3) is 3.65. The smallest absolute Gasteiger partial charge is 0.227 e. The van der Waals surface area contributed by atoms with Gasteiger partial charge in [0, 0.05) is 17.6 Å². The molecule has 1 aliphatic rings. The number of anilines is 2. The summed E-state index contributed by atoms with van der Waals surface area (Å²) in [6.45, 7) is 0. The van der Waals surface area contributed by atoms with Gasteiger partial charge in [0.05, 0.1) is 11.0 Å². The molecule has 1 heterocycles. The van der Waals surface area contributed by atoms with Gasteiger partial charge in [-0.3, -0.25) is 4.79 Å². The molecule has 1 saturated carbocycles. The van der Waals surface area contributed by atoms with Crippen molar-refractivity contribution in [1.82, 2.24) is 9.97 Å². The average Bonchev–Trinajstić information content (AvgIpc) is 3.05. The molecule has 0 atom stereocenters. The highest BCUT2D eigenvalue weighted by Crippen LogP contribution is 2.27. The van der Waals surface area contributed by atoms with Crippen LogP contribution >= 0.6 is 0 Å². The zero-order valence-corrected chi connectivity index (χ0v) is 14.0. The van der Waals surface area contributed by atoms with Crippen LogP contribution in [0.1, 0.15) is 25.7 Å². The largest absolute Gasteiger partial charge is 0.353 e. The highest BCUT2D eigenvalue weighted by Gasteiger charge is 2.26. The molecule has 5 heteroatoms. The molecule has 1 amide bonds. The molecule has 25 heavy (non-hydrogen) atoms. The van der Waals surface area contributed by atoms with E-state index in [1.54, 1.807) is 0 Å². The Kier molecular flexibility index (Phi) is 4.37. The van der Waals surface area contributed by atoms with Crippen LogP contribution in [0.4, 0.5) is 11.6 Å². The molecule has 3 aromatic rings. The number of nitrogens with one attached hydrogen (secondary N) is 3. The molecule has 0 unspecified atom stereocenters. The molecule has 0 saturated heterocycles. The lowest BCUT2D eigenvalue weighted by atomic mass is 9.85. The Morgan fingerprint density at radius 3 is 2.44 bits per heavy atom. The maximum absolute atomic E-state index is 12.4. The first-order valence-electron chi connectivity index (χ1n) is 8.85. The monoisotopic (exact) mass is 334 g/mol. The fraction of sp³-hybridized carbons (Fsp3) is 0.300. The van der Waals surface area contributed by atoms with Gasteiger partial charge in [-0.05, 0) is 49.9 Å². The summed E-state index contributed by atoms with van der Waals surface area (Å²) in [7, 11) is 0. The predicted molar refractivity (Wildman–Crippen MR) is 101 cm³/mol. The van der Waals surface area contributed by atoms with E-state index in [1.807, 2.05) is 54.6 Å². The SMILES string of the molecule is O=C(Nc1ccccc1)C1CCC(Nc2nc3ccccc3[nH]2)CC1. The molecule has 0 radical (unpaired) electrons. The number of rotatable bonds is 4. The van der Waals surface area contributed by atoms with Crippen molar-refractivity contribution in [3.05, 3.63) is 54.6 Å². The third-order valence-electron chi connectivity index (χ3n) is 4.87. The van der Waals surface area contributed by atoms with Crippen LogP contribution < -0.4 is 10.6 Å². The molecule has 4 rings (SSSR count). The summed E-state index contributed by atoms with van der Waals surface area (Å²) >= 11 is 0. The number of benzene rings is 2. The minimum absolute atomic E-state index is 0.0916. The highest BCUT2D eigenvalue weighted by molar-refractivity contribution is 5.92. The van der Waals surface area contributed by atoms with Gasteiger partial charge in [0.1, 0.15) is 0 Å². The van der Waals surface area contributed by atoms with Gasteiger partial charge in [-0.2, -0.15) is 0 Å². The number of fused-ring (bicyclic) bond motifs is 1. The lowest BCUT2D eigenvalue weighted by Crippen LogP contribution is -2.32. The number of H-pyrrole nitrogens is 1. The fourth-order valence-electron chi connectivity index (χ4n) is 3.48. The van der Waals surface area contributed by atoms with Crippen LogP contribution in [0, 0.1) is 5.92 Å². The Bertz CT molecular complexity index is 817. The Hall–Kier alpha value is -2.82. The van der Waals surface area contributed by atoms with Gasteiger partial charge >= 0.3 is 0 Å². The molecule has 0 spiro atoms. The molecule has 3 N–H and O–H groups in total. The standard InChI is InChI=1S/C20H22N4O/c25-19(21-15-6-2-1-3-7-15)14-10-12-16(13-11-14)22-20-23-17-8-4-5-9-18(17)24-20/h1-9,14,16H,10-13H2,(H,21,25)(H2,22,23,24). The second-order valence-electron chi connectivity index (χ2n) is 6.65. The van der Waals surface area contributed by atoms with Crippen LogP contribution in [0.5, 0.6) is 0 Å². The van der Waals surface area contributed by atoms with E-state index < -0.39 is 0 Å². The van der Waals surface area contributed by atoms with E-state index in [9.17, 15) is 4.79 Å². The summed E-state index contributed by atoms with van der Waals surface area (Å²) in [5, 5.41) is 6.50. The van der Waals surface area contributed by atoms with Crippen LogP contribution in [0.3, 0.4) is 0 Å². The number of hydrogen-bond acceptors (Lipinski definition) is 3. The first-order valence-corrected chi connectivity index (χ1v) is 8.85. The van der Waals surface area contributed by atoms with E-state index in [1.165, 1.54) is 0 Å². The van der Waals surface area contributed by atoms with Crippen LogP contribution in [0.25, 0.3) is 11.0 Å². The van der Waals surface area contributed by atoms with Crippen molar-refractivity contribution in [2.45, 2.75) is 31.7 Å². The molecule has 1 fully saturated rings. The molecule has 1 aromatic heterocycles. The van der Waals surface area contributed by atoms with Crippen molar-refractivity contribution < 1.29 is 4.79 Å². The summed E-state index contributed by atoms with van der Waals surface area (Å²) in [5.41, 5.74) is 2.89. The Morgan fingerprint density at radius 2 is 1.68 bits per heavy atom. The predicted octanol–water partition coefficient (Wildman–Crippen LogP) is 4.17. The lowest BCUT2D eigenvalue weighted by molar-refractivity contribution is -0.120. The molecule has 128 valence electrons. The van der Waals surface area contributed by atoms with Crippen molar-refractivity contribution in [2.75, 3.05) is 10.6 Å². The van der Waals surface area contributed by atoms with Crippen LogP contribution in [-0.4, -0.2) is 21.9 Å². The number of hydrogen-bond donors (Lipinski definition) is 3. The van der Waals surface area contributed by atoms with Crippen molar-refractivity contribution in [3.8, 4) is 0 Å². The molecule has 0 bridgehead atoms. The van der Waals surface area contributed by atoms with Crippen LogP contribution in [-0.2, 0) is 4.79 Å². The minimum Gasteiger partial charge on any atom is -0.353 e. The van der Waals surface area contributed by atoms with Crippen molar-refractivity contribution in [2.24, 2.45) is 5.92 Å². The van der Waals surface area contributed by atoms with Gasteiger partial charge in [0.15, 0.2) is 0 Å². The number of nitrogens with zero attached hydrogens (tertiary/aromatic N) is 1. The number of carbonyl (C=O) groups is 1. The van der Waals surface area contributed by atoms with Gasteiger partial charge in [-0.15, -0.1) is 0 Å². The first kappa shape index (κ1) is 15.7. The molecule has 0 aliphatic heterocycles. The highest BCUT2D eigenvalue weighted by atomic mass is 16.1. The maximum atomic E-state index is 12.4. The van der Waals surface area contributed by atoms with Crippen molar-refractivity contribution in [3.63, 3.8) is 0 Å². The van der Waals surface area contributed by atoms with Crippen molar-refractivity contribution >= 4 is 28.6 Å². The number of aromatic amines is 1. The number of aromatic nitrogens is 2. The van der Waals surface area contributed by atoms with Gasteiger partial charge in [0.2, 0.25) is 11.9 Å². The zero-order valence-electron chi connectivity index (χ0n) is 14.0. The lowest BCUT2D eigenvalue weighted by Gasteiger charge is -2.28. The summed E-state index contributed by atoms with van der Waals surface area (Å²) in [6, 6.07) is 18.0. The van der Waals surface area contributed by atoms with E-state index >= 15 is 0 Å². The summed E-state index contributed by atoms with van der Waals surface area (Å²) < 4.78 is 0. The summed E-state index contributed by atoms with van der Waals surface area (Å²) in [6.07, 6.45) is 3.75.